The van der Waals surface area contributed by atoms with Crippen LogP contribution in [0.5, 0.6) is 0 Å². The summed E-state index contributed by atoms with van der Waals surface area (Å²) in [7, 11) is 1.67. The third kappa shape index (κ3) is 4.84. The minimum Gasteiger partial charge on any atom is -0.383 e. The molecule has 1 aromatic carbocycles. The van der Waals surface area contributed by atoms with E-state index < -0.39 is 5.91 Å². The van der Waals surface area contributed by atoms with Crippen LogP contribution in [0.25, 0.3) is 0 Å². The predicted octanol–water partition coefficient (Wildman–Crippen LogP) is 0.433. The molecule has 1 rings (SSSR count). The number of methoxy groups -OCH3 is 1. The first-order chi connectivity index (χ1) is 8.25. The molecule has 0 aliphatic carbocycles. The summed E-state index contributed by atoms with van der Waals surface area (Å²) in [5.74, 6) is -0.416. The van der Waals surface area contributed by atoms with Gasteiger partial charge in [-0.05, 0) is 12.1 Å². The number of nitrogens with two attached hydrogens (primary N) is 1. The van der Waals surface area contributed by atoms with Crippen molar-refractivity contribution < 1.29 is 9.53 Å². The topological polar surface area (TPSA) is 76.4 Å². The van der Waals surface area contributed by atoms with Crippen LogP contribution >= 0.6 is 0 Å². The Hall–Kier alpha value is -1.59. The summed E-state index contributed by atoms with van der Waals surface area (Å²) >= 11 is 0. The van der Waals surface area contributed by atoms with E-state index in [9.17, 15) is 4.79 Å². The summed E-state index contributed by atoms with van der Waals surface area (Å²) in [6, 6.07) is 7.22. The standard InChI is InChI=1S/C12H19N3O2/c1-17-9-8-14-6-7-15-11-5-3-2-4-10(11)12(13)16/h2-5,14-15H,6-9H2,1H3,(H2,13,16). The molecule has 0 radical (unpaired) electrons. The highest BCUT2D eigenvalue weighted by atomic mass is 16.5. The van der Waals surface area contributed by atoms with Crippen LogP contribution in [0.4, 0.5) is 5.69 Å². The first-order valence-electron chi connectivity index (χ1n) is 5.58. The predicted molar refractivity (Wildman–Crippen MR) is 68.2 cm³/mol. The Bertz CT molecular complexity index is 355. The highest BCUT2D eigenvalue weighted by Crippen LogP contribution is 2.13. The van der Waals surface area contributed by atoms with Crippen LogP contribution in [0, 0.1) is 0 Å². The van der Waals surface area contributed by atoms with E-state index in [1.807, 2.05) is 12.1 Å². The van der Waals surface area contributed by atoms with Gasteiger partial charge in [0.05, 0.1) is 12.2 Å². The Morgan fingerprint density at radius 3 is 2.76 bits per heavy atom. The van der Waals surface area contributed by atoms with E-state index in [2.05, 4.69) is 10.6 Å². The van der Waals surface area contributed by atoms with Gasteiger partial charge in [0.2, 0.25) is 0 Å². The van der Waals surface area contributed by atoms with Gasteiger partial charge < -0.3 is 21.1 Å². The zero-order chi connectivity index (χ0) is 12.5. The molecule has 0 fully saturated rings. The number of rotatable bonds is 8. The highest BCUT2D eigenvalue weighted by Gasteiger charge is 2.05. The maximum Gasteiger partial charge on any atom is 0.250 e. The van der Waals surface area contributed by atoms with Gasteiger partial charge >= 0.3 is 0 Å². The van der Waals surface area contributed by atoms with Crippen molar-refractivity contribution in [1.82, 2.24) is 5.32 Å². The van der Waals surface area contributed by atoms with Gasteiger partial charge in [-0.2, -0.15) is 0 Å². The van der Waals surface area contributed by atoms with Gasteiger partial charge in [-0.1, -0.05) is 12.1 Å². The summed E-state index contributed by atoms with van der Waals surface area (Å²) < 4.78 is 4.91. The second-order valence-corrected chi connectivity index (χ2v) is 3.58. The molecule has 0 spiro atoms. The summed E-state index contributed by atoms with van der Waals surface area (Å²) in [6.07, 6.45) is 0. The second-order valence-electron chi connectivity index (χ2n) is 3.58. The number of amides is 1. The Morgan fingerprint density at radius 2 is 2.06 bits per heavy atom. The van der Waals surface area contributed by atoms with Crippen molar-refractivity contribution in [3.63, 3.8) is 0 Å². The van der Waals surface area contributed by atoms with Gasteiger partial charge in [-0.25, -0.2) is 0 Å². The minimum atomic E-state index is -0.416. The molecule has 5 heteroatoms. The third-order valence-corrected chi connectivity index (χ3v) is 2.29. The van der Waals surface area contributed by atoms with Gasteiger partial charge in [0, 0.05) is 32.4 Å². The van der Waals surface area contributed by atoms with Crippen molar-refractivity contribution >= 4 is 11.6 Å². The summed E-state index contributed by atoms with van der Waals surface area (Å²) in [6.45, 7) is 3.04. The number of primary amides is 1. The molecule has 0 atom stereocenters. The normalized spacial score (nSPS) is 10.2. The van der Waals surface area contributed by atoms with Crippen LogP contribution in [0.15, 0.2) is 24.3 Å². The molecule has 4 N–H and O–H groups in total. The molecule has 0 saturated carbocycles. The van der Waals surface area contributed by atoms with Gasteiger partial charge in [0.15, 0.2) is 0 Å². The molecule has 0 bridgehead atoms. The van der Waals surface area contributed by atoms with Crippen LogP contribution in [-0.2, 0) is 4.74 Å². The van der Waals surface area contributed by atoms with Gasteiger partial charge in [-0.3, -0.25) is 4.79 Å². The molecule has 5 nitrogen and oxygen atoms in total. The lowest BCUT2D eigenvalue weighted by Crippen LogP contribution is -2.26. The Labute approximate surface area is 101 Å². The molecule has 94 valence electrons. The number of benzene rings is 1. The molecule has 0 aromatic heterocycles. The SMILES string of the molecule is COCCNCCNc1ccccc1C(N)=O. The van der Waals surface area contributed by atoms with Gasteiger partial charge in [0.1, 0.15) is 0 Å². The number of hydrogen-bond acceptors (Lipinski definition) is 4. The fraction of sp³-hybridized carbons (Fsp3) is 0.417. The first-order valence-corrected chi connectivity index (χ1v) is 5.58. The van der Waals surface area contributed by atoms with Crippen LogP contribution in [-0.4, -0.2) is 39.3 Å². The maximum atomic E-state index is 11.1. The lowest BCUT2D eigenvalue weighted by atomic mass is 10.1. The lowest BCUT2D eigenvalue weighted by Gasteiger charge is -2.10. The number of ether oxygens (including phenoxy) is 1. The lowest BCUT2D eigenvalue weighted by molar-refractivity contribution is 0.100. The Balaban J connectivity index is 2.34. The van der Waals surface area contributed by atoms with Crippen LogP contribution in [0.3, 0.4) is 0 Å². The average molecular weight is 237 g/mol. The molecule has 0 saturated heterocycles. The Morgan fingerprint density at radius 1 is 1.29 bits per heavy atom. The Kier molecular flexibility index (Phi) is 6.06. The second kappa shape index (κ2) is 7.65. The van der Waals surface area contributed by atoms with Gasteiger partial charge in [0.25, 0.3) is 5.91 Å². The third-order valence-electron chi connectivity index (χ3n) is 2.29. The quantitative estimate of drug-likeness (QED) is 0.573. The number of nitrogens with one attached hydrogen (secondary N) is 2. The number of hydrogen-bond donors (Lipinski definition) is 3. The number of carbonyl (C=O) groups is 1. The monoisotopic (exact) mass is 237 g/mol. The van der Waals surface area contributed by atoms with Crippen molar-refractivity contribution in [2.45, 2.75) is 0 Å². The summed E-state index contributed by atoms with van der Waals surface area (Å²) in [5, 5.41) is 6.37. The van der Waals surface area contributed by atoms with E-state index in [4.69, 9.17) is 10.5 Å². The van der Waals surface area contributed by atoms with E-state index in [1.165, 1.54) is 0 Å². The number of para-hydroxylation sites is 1. The summed E-state index contributed by atoms with van der Waals surface area (Å²) in [4.78, 5) is 11.1. The fourth-order valence-corrected chi connectivity index (χ4v) is 1.44. The highest BCUT2D eigenvalue weighted by molar-refractivity contribution is 5.98. The zero-order valence-corrected chi connectivity index (χ0v) is 10.0. The van der Waals surface area contributed by atoms with Crippen molar-refractivity contribution in [3.05, 3.63) is 29.8 Å². The first kappa shape index (κ1) is 13.5. The van der Waals surface area contributed by atoms with E-state index in [0.717, 1.165) is 25.3 Å². The molecule has 17 heavy (non-hydrogen) atoms. The van der Waals surface area contributed by atoms with Crippen molar-refractivity contribution in [3.8, 4) is 0 Å². The van der Waals surface area contributed by atoms with E-state index in [1.54, 1.807) is 19.2 Å². The van der Waals surface area contributed by atoms with E-state index in [-0.39, 0.29) is 0 Å². The zero-order valence-electron chi connectivity index (χ0n) is 10.0. The molecular weight excluding hydrogens is 218 g/mol. The van der Waals surface area contributed by atoms with Crippen molar-refractivity contribution in [1.29, 1.82) is 0 Å². The number of carbonyl (C=O) groups excluding carboxylic acids is 1. The molecular formula is C12H19N3O2. The van der Waals surface area contributed by atoms with E-state index >= 15 is 0 Å². The summed E-state index contributed by atoms with van der Waals surface area (Å²) in [5.41, 5.74) is 6.56. The molecule has 0 aliphatic heterocycles. The van der Waals surface area contributed by atoms with Crippen LogP contribution in [0.2, 0.25) is 0 Å². The van der Waals surface area contributed by atoms with Gasteiger partial charge in [-0.15, -0.1) is 0 Å². The average Bonchev–Trinajstić information content (AvgIpc) is 2.34. The molecule has 1 amide bonds. The van der Waals surface area contributed by atoms with Crippen molar-refractivity contribution in [2.24, 2.45) is 5.73 Å². The largest absolute Gasteiger partial charge is 0.383 e. The molecule has 0 unspecified atom stereocenters. The molecule has 0 heterocycles. The smallest absolute Gasteiger partial charge is 0.250 e. The van der Waals surface area contributed by atoms with Crippen molar-refractivity contribution in [2.75, 3.05) is 38.7 Å². The number of anilines is 1. The van der Waals surface area contributed by atoms with Crippen LogP contribution < -0.4 is 16.4 Å². The minimum absolute atomic E-state index is 0.416. The fourth-order valence-electron chi connectivity index (χ4n) is 1.44. The van der Waals surface area contributed by atoms with Crippen LogP contribution in [0.1, 0.15) is 10.4 Å². The maximum absolute atomic E-state index is 11.1. The van der Waals surface area contributed by atoms with E-state index in [0.29, 0.717) is 12.2 Å². The molecule has 1 aromatic rings. The molecule has 0 aliphatic rings.